The first kappa shape index (κ1) is 17.7. The molecule has 0 aromatic heterocycles. The number of carbonyl (C=O) groups is 1. The molecule has 128 valence electrons. The van der Waals surface area contributed by atoms with Crippen LogP contribution in [0.25, 0.3) is 0 Å². The van der Waals surface area contributed by atoms with Crippen LogP contribution in [0.2, 0.25) is 0 Å². The number of nitrogens with zero attached hydrogens (tertiary/aromatic N) is 1. The zero-order chi connectivity index (χ0) is 16.8. The van der Waals surface area contributed by atoms with Gasteiger partial charge in [0.25, 0.3) is 0 Å². The molecule has 1 aromatic rings. The largest absolute Gasteiger partial charge is 0.381 e. The Bertz CT molecular complexity index is 519. The van der Waals surface area contributed by atoms with E-state index in [0.29, 0.717) is 32.2 Å². The van der Waals surface area contributed by atoms with Crippen LogP contribution < -0.4 is 5.32 Å². The highest BCUT2D eigenvalue weighted by atomic mass is 19.1. The molecule has 0 spiro atoms. The van der Waals surface area contributed by atoms with Crippen LogP contribution in [0.5, 0.6) is 0 Å². The molecule has 1 aromatic carbocycles. The maximum atomic E-state index is 13.6. The molecule has 0 bridgehead atoms. The van der Waals surface area contributed by atoms with Crippen LogP contribution in [0.1, 0.15) is 25.8 Å². The second kappa shape index (κ2) is 8.24. The highest BCUT2D eigenvalue weighted by Crippen LogP contribution is 2.17. The van der Waals surface area contributed by atoms with E-state index in [1.54, 1.807) is 11.8 Å². The average molecular weight is 326 g/mol. The van der Waals surface area contributed by atoms with E-state index < -0.39 is 11.6 Å². The van der Waals surface area contributed by atoms with Crippen molar-refractivity contribution in [2.24, 2.45) is 5.92 Å². The molecule has 1 aliphatic heterocycles. The van der Waals surface area contributed by atoms with Gasteiger partial charge < -0.3 is 15.0 Å². The predicted molar refractivity (Wildman–Crippen MR) is 84.2 cm³/mol. The van der Waals surface area contributed by atoms with Gasteiger partial charge in [-0.25, -0.2) is 13.6 Å². The summed E-state index contributed by atoms with van der Waals surface area (Å²) < 4.78 is 32.7. The van der Waals surface area contributed by atoms with E-state index >= 15 is 0 Å². The second-order valence-corrected chi connectivity index (χ2v) is 6.02. The minimum absolute atomic E-state index is 0.0101. The molecule has 0 unspecified atom stereocenters. The lowest BCUT2D eigenvalue weighted by Gasteiger charge is -2.21. The van der Waals surface area contributed by atoms with E-state index in [2.05, 4.69) is 5.32 Å². The molecule has 2 atom stereocenters. The van der Waals surface area contributed by atoms with Crippen molar-refractivity contribution in [3.05, 3.63) is 35.4 Å². The number of amides is 2. The van der Waals surface area contributed by atoms with Crippen molar-refractivity contribution in [2.45, 2.75) is 32.7 Å². The first-order valence-corrected chi connectivity index (χ1v) is 8.07. The van der Waals surface area contributed by atoms with Crippen molar-refractivity contribution < 1.29 is 18.3 Å². The molecule has 23 heavy (non-hydrogen) atoms. The van der Waals surface area contributed by atoms with Gasteiger partial charge in [-0.2, -0.15) is 0 Å². The zero-order valence-corrected chi connectivity index (χ0v) is 13.6. The lowest BCUT2D eigenvalue weighted by atomic mass is 10.1. The lowest BCUT2D eigenvalue weighted by molar-refractivity contribution is 0.113. The van der Waals surface area contributed by atoms with Crippen molar-refractivity contribution in [1.29, 1.82) is 0 Å². The molecule has 6 heteroatoms. The van der Waals surface area contributed by atoms with Crippen molar-refractivity contribution in [3.63, 3.8) is 0 Å². The summed E-state index contributed by atoms with van der Waals surface area (Å²) in [4.78, 5) is 14.0. The molecule has 1 saturated heterocycles. The van der Waals surface area contributed by atoms with Gasteiger partial charge in [-0.15, -0.1) is 0 Å². The predicted octanol–water partition coefficient (Wildman–Crippen LogP) is 2.96. The quantitative estimate of drug-likeness (QED) is 0.873. The Morgan fingerprint density at radius 2 is 2.13 bits per heavy atom. The monoisotopic (exact) mass is 326 g/mol. The van der Waals surface area contributed by atoms with Gasteiger partial charge in [0, 0.05) is 37.2 Å². The Morgan fingerprint density at radius 3 is 2.78 bits per heavy atom. The third-order valence-corrected chi connectivity index (χ3v) is 4.07. The molecule has 2 rings (SSSR count). The van der Waals surface area contributed by atoms with Gasteiger partial charge in [0.15, 0.2) is 0 Å². The summed E-state index contributed by atoms with van der Waals surface area (Å²) in [5.74, 6) is -0.798. The zero-order valence-electron chi connectivity index (χ0n) is 13.6. The Labute approximate surface area is 135 Å². The second-order valence-electron chi connectivity index (χ2n) is 6.02. The summed E-state index contributed by atoms with van der Waals surface area (Å²) in [6.45, 7) is 6.38. The number of hydrogen-bond acceptors (Lipinski definition) is 2. The van der Waals surface area contributed by atoms with E-state index in [4.69, 9.17) is 4.74 Å². The topological polar surface area (TPSA) is 41.6 Å². The first-order chi connectivity index (χ1) is 11.0. The maximum Gasteiger partial charge on any atom is 0.317 e. The van der Waals surface area contributed by atoms with E-state index in [-0.39, 0.29) is 24.1 Å². The fourth-order valence-electron chi connectivity index (χ4n) is 2.82. The Balaban J connectivity index is 1.83. The Hall–Kier alpha value is -1.69. The molecule has 1 N–H and O–H groups in total. The van der Waals surface area contributed by atoms with E-state index in [9.17, 15) is 13.6 Å². The van der Waals surface area contributed by atoms with Crippen LogP contribution in [-0.2, 0) is 11.2 Å². The van der Waals surface area contributed by atoms with Crippen molar-refractivity contribution in [3.8, 4) is 0 Å². The number of urea groups is 1. The van der Waals surface area contributed by atoms with Crippen molar-refractivity contribution >= 4 is 6.03 Å². The molecule has 0 aliphatic carbocycles. The van der Waals surface area contributed by atoms with Crippen LogP contribution in [0.15, 0.2) is 18.2 Å². The third kappa shape index (κ3) is 4.89. The minimum atomic E-state index is -0.580. The summed E-state index contributed by atoms with van der Waals surface area (Å²) >= 11 is 0. The molecular weight excluding hydrogens is 302 g/mol. The normalized spacial score (nSPS) is 19.0. The van der Waals surface area contributed by atoms with Crippen LogP contribution in [-0.4, -0.2) is 43.3 Å². The smallest absolute Gasteiger partial charge is 0.317 e. The standard InChI is InChI=1S/C17H24F2N2O2/c1-3-23-11-13-7-8-21(10-13)17(22)20-12(2)9-14-15(18)5-4-6-16(14)19/h4-6,12-13H,3,7-11H2,1-2H3,(H,20,22)/t12-,13-/m1/s1. The molecule has 1 aliphatic rings. The number of nitrogens with one attached hydrogen (secondary N) is 1. The minimum Gasteiger partial charge on any atom is -0.381 e. The van der Waals surface area contributed by atoms with Crippen molar-refractivity contribution in [1.82, 2.24) is 10.2 Å². The van der Waals surface area contributed by atoms with Gasteiger partial charge in [-0.3, -0.25) is 0 Å². The van der Waals surface area contributed by atoms with Gasteiger partial charge in [0.1, 0.15) is 11.6 Å². The number of rotatable bonds is 6. The van der Waals surface area contributed by atoms with Gasteiger partial charge in [0.05, 0.1) is 6.61 Å². The van der Waals surface area contributed by atoms with Gasteiger partial charge in [0.2, 0.25) is 0 Å². The number of hydrogen-bond donors (Lipinski definition) is 1. The van der Waals surface area contributed by atoms with E-state index in [0.717, 1.165) is 6.42 Å². The number of carbonyl (C=O) groups excluding carboxylic acids is 1. The number of likely N-dealkylation sites (tertiary alicyclic amines) is 1. The fourth-order valence-corrected chi connectivity index (χ4v) is 2.82. The van der Waals surface area contributed by atoms with Gasteiger partial charge >= 0.3 is 6.03 Å². The fraction of sp³-hybridized carbons (Fsp3) is 0.588. The maximum absolute atomic E-state index is 13.6. The van der Waals surface area contributed by atoms with E-state index in [1.807, 2.05) is 6.92 Å². The third-order valence-electron chi connectivity index (χ3n) is 4.07. The first-order valence-electron chi connectivity index (χ1n) is 8.07. The summed E-state index contributed by atoms with van der Waals surface area (Å²) in [5, 5.41) is 2.81. The number of benzene rings is 1. The van der Waals surface area contributed by atoms with Crippen LogP contribution in [0, 0.1) is 17.6 Å². The van der Waals surface area contributed by atoms with E-state index in [1.165, 1.54) is 18.2 Å². The molecule has 4 nitrogen and oxygen atoms in total. The highest BCUT2D eigenvalue weighted by Gasteiger charge is 2.27. The Morgan fingerprint density at radius 1 is 1.43 bits per heavy atom. The molecule has 1 heterocycles. The summed E-state index contributed by atoms with van der Waals surface area (Å²) in [5.41, 5.74) is 0.0101. The van der Waals surface area contributed by atoms with Crippen LogP contribution >= 0.6 is 0 Å². The molecule has 0 saturated carbocycles. The molecular formula is C17H24F2N2O2. The number of halogens is 2. The Kier molecular flexibility index (Phi) is 6.33. The summed E-state index contributed by atoms with van der Waals surface area (Å²) in [7, 11) is 0. The summed E-state index contributed by atoms with van der Waals surface area (Å²) in [6.07, 6.45) is 1.05. The van der Waals surface area contributed by atoms with Crippen LogP contribution in [0.4, 0.5) is 13.6 Å². The average Bonchev–Trinajstić information content (AvgIpc) is 2.98. The highest BCUT2D eigenvalue weighted by molar-refractivity contribution is 5.74. The molecule has 1 fully saturated rings. The van der Waals surface area contributed by atoms with Crippen LogP contribution in [0.3, 0.4) is 0 Å². The number of ether oxygens (including phenoxy) is 1. The van der Waals surface area contributed by atoms with Gasteiger partial charge in [-0.1, -0.05) is 6.07 Å². The molecule has 2 amide bonds. The van der Waals surface area contributed by atoms with Gasteiger partial charge in [-0.05, 0) is 38.8 Å². The molecule has 0 radical (unpaired) electrons. The SMILES string of the molecule is CCOC[C@@H]1CCN(C(=O)N[C@H](C)Cc2c(F)cccc2F)C1. The lowest BCUT2D eigenvalue weighted by Crippen LogP contribution is -2.43. The summed E-state index contributed by atoms with van der Waals surface area (Å²) in [6, 6.07) is 3.26. The van der Waals surface area contributed by atoms with Crippen molar-refractivity contribution in [2.75, 3.05) is 26.3 Å².